The van der Waals surface area contributed by atoms with Gasteiger partial charge in [-0.2, -0.15) is 0 Å². The molecule has 1 aromatic rings. The van der Waals surface area contributed by atoms with Gasteiger partial charge in [0.05, 0.1) is 12.1 Å². The van der Waals surface area contributed by atoms with Crippen molar-refractivity contribution in [3.8, 4) is 0 Å². The molecule has 0 aliphatic heterocycles. The Balaban J connectivity index is 2.26. The van der Waals surface area contributed by atoms with E-state index in [1.54, 1.807) is 20.3 Å². The maximum absolute atomic E-state index is 10.3. The minimum absolute atomic E-state index is 0.158. The average Bonchev–Trinajstić information content (AvgIpc) is 2.72. The normalized spacial score (nSPS) is 21.8. The zero-order chi connectivity index (χ0) is 14.9. The summed E-state index contributed by atoms with van der Waals surface area (Å²) in [6.45, 7) is 0.540. The van der Waals surface area contributed by atoms with Crippen molar-refractivity contribution >= 4 is 23.2 Å². The van der Waals surface area contributed by atoms with Crippen molar-refractivity contribution in [1.29, 1.82) is 0 Å². The van der Waals surface area contributed by atoms with Gasteiger partial charge < -0.3 is 14.6 Å². The van der Waals surface area contributed by atoms with Gasteiger partial charge in [0.2, 0.25) is 0 Å². The monoisotopic (exact) mass is 319 g/mol. The van der Waals surface area contributed by atoms with Crippen molar-refractivity contribution in [2.45, 2.75) is 24.9 Å². The minimum atomic E-state index is -0.514. The Hall–Kier alpha value is -0.360. The molecule has 6 heteroatoms. The number of halogens is 2. The third-order valence-electron chi connectivity index (χ3n) is 3.73. The second kappa shape index (κ2) is 6.60. The Kier molecular flexibility index (Phi) is 5.29. The van der Waals surface area contributed by atoms with Crippen LogP contribution in [0.1, 0.15) is 17.2 Å². The summed E-state index contributed by atoms with van der Waals surface area (Å²) in [4.78, 5) is 2.00. The van der Waals surface area contributed by atoms with Crippen molar-refractivity contribution in [1.82, 2.24) is 4.90 Å². The predicted octanol–water partition coefficient (Wildman–Crippen LogP) is 2.50. The molecule has 0 heterocycles. The fourth-order valence-corrected chi connectivity index (χ4v) is 3.34. The molecule has 2 rings (SSSR count). The van der Waals surface area contributed by atoms with E-state index < -0.39 is 6.10 Å². The van der Waals surface area contributed by atoms with Gasteiger partial charge in [-0.3, -0.25) is 4.90 Å². The lowest BCUT2D eigenvalue weighted by atomic mass is 10.1. The zero-order valence-electron chi connectivity index (χ0n) is 11.8. The first-order valence-electron chi connectivity index (χ1n) is 6.39. The van der Waals surface area contributed by atoms with E-state index in [1.807, 2.05) is 18.0 Å². The van der Waals surface area contributed by atoms with Gasteiger partial charge in [0.15, 0.2) is 6.29 Å². The number of likely N-dealkylation sites (N-methyl/N-ethyl adjacent to an activating group) is 1. The van der Waals surface area contributed by atoms with Crippen LogP contribution in [-0.4, -0.2) is 50.2 Å². The summed E-state index contributed by atoms with van der Waals surface area (Å²) in [5.41, 5.74) is 1.94. The van der Waals surface area contributed by atoms with Crippen LogP contribution in [0.5, 0.6) is 0 Å². The number of aliphatic hydroxyl groups excluding tert-OH is 1. The Labute approximate surface area is 129 Å². The topological polar surface area (TPSA) is 41.9 Å². The lowest BCUT2D eigenvalue weighted by Crippen LogP contribution is -2.38. The summed E-state index contributed by atoms with van der Waals surface area (Å²) < 4.78 is 10.4. The van der Waals surface area contributed by atoms with Crippen molar-refractivity contribution < 1.29 is 14.6 Å². The third-order valence-corrected chi connectivity index (χ3v) is 4.28. The number of hydrogen-bond donors (Lipinski definition) is 1. The number of nitrogens with zero attached hydrogens (tertiary/aromatic N) is 1. The van der Waals surface area contributed by atoms with Gasteiger partial charge in [-0.25, -0.2) is 0 Å². The van der Waals surface area contributed by atoms with E-state index in [9.17, 15) is 5.11 Å². The van der Waals surface area contributed by atoms with Gasteiger partial charge in [0.1, 0.15) is 0 Å². The summed E-state index contributed by atoms with van der Waals surface area (Å²) in [6, 6.07) is 3.42. The molecule has 0 aromatic heterocycles. The maximum Gasteiger partial charge on any atom is 0.169 e. The predicted molar refractivity (Wildman–Crippen MR) is 79.3 cm³/mol. The lowest BCUT2D eigenvalue weighted by Gasteiger charge is -2.30. The first kappa shape index (κ1) is 16.0. The molecule has 2 atom stereocenters. The standard InChI is InChI=1S/C14H19Cl2NO3/c1-17(7-13(19-2)20-3)14-10-4-8(15)5-11(16)9(10)6-12(14)18/h4-5,12-14,18H,6-7H2,1-3H3/t12-,14+/m0/s1. The molecule has 0 amide bonds. The number of rotatable bonds is 5. The van der Waals surface area contributed by atoms with Gasteiger partial charge in [-0.05, 0) is 30.3 Å². The van der Waals surface area contributed by atoms with Gasteiger partial charge >= 0.3 is 0 Å². The van der Waals surface area contributed by atoms with Crippen molar-refractivity contribution in [3.63, 3.8) is 0 Å². The van der Waals surface area contributed by atoms with Gasteiger partial charge in [-0.15, -0.1) is 0 Å². The van der Waals surface area contributed by atoms with Crippen molar-refractivity contribution in [2.75, 3.05) is 27.8 Å². The fraction of sp³-hybridized carbons (Fsp3) is 0.571. The molecular weight excluding hydrogens is 301 g/mol. The Morgan fingerprint density at radius 3 is 2.60 bits per heavy atom. The summed E-state index contributed by atoms with van der Waals surface area (Å²) in [5.74, 6) is 0. The van der Waals surface area contributed by atoms with Crippen LogP contribution in [0.15, 0.2) is 12.1 Å². The van der Waals surface area contributed by atoms with Crippen LogP contribution < -0.4 is 0 Å². The number of fused-ring (bicyclic) bond motifs is 1. The first-order chi connectivity index (χ1) is 9.47. The van der Waals surface area contributed by atoms with Crippen LogP contribution in [0, 0.1) is 0 Å². The summed E-state index contributed by atoms with van der Waals surface area (Å²) in [5, 5.41) is 11.5. The lowest BCUT2D eigenvalue weighted by molar-refractivity contribution is -0.121. The molecule has 1 aromatic carbocycles. The van der Waals surface area contributed by atoms with Crippen molar-refractivity contribution in [3.05, 3.63) is 33.3 Å². The van der Waals surface area contributed by atoms with Gasteiger partial charge in [0.25, 0.3) is 0 Å². The molecule has 112 valence electrons. The van der Waals surface area contributed by atoms with Gasteiger partial charge in [-0.1, -0.05) is 23.2 Å². The molecule has 0 saturated heterocycles. The Morgan fingerprint density at radius 2 is 2.00 bits per heavy atom. The van der Waals surface area contributed by atoms with Gasteiger partial charge in [0, 0.05) is 37.2 Å². The molecule has 0 unspecified atom stereocenters. The summed E-state index contributed by atoms with van der Waals surface area (Å²) in [7, 11) is 5.10. The van der Waals surface area contributed by atoms with E-state index in [0.717, 1.165) is 11.1 Å². The zero-order valence-corrected chi connectivity index (χ0v) is 13.3. The van der Waals surface area contributed by atoms with Crippen LogP contribution >= 0.6 is 23.2 Å². The molecular formula is C14H19Cl2NO3. The van der Waals surface area contributed by atoms with Crippen LogP contribution in [0.25, 0.3) is 0 Å². The van der Waals surface area contributed by atoms with Crippen LogP contribution in [0.4, 0.5) is 0 Å². The van der Waals surface area contributed by atoms with Crippen LogP contribution in [-0.2, 0) is 15.9 Å². The maximum atomic E-state index is 10.3. The number of hydrogen-bond acceptors (Lipinski definition) is 4. The molecule has 1 aliphatic carbocycles. The molecule has 0 fully saturated rings. The van der Waals surface area contributed by atoms with Crippen molar-refractivity contribution in [2.24, 2.45) is 0 Å². The second-order valence-electron chi connectivity index (χ2n) is 5.01. The first-order valence-corrected chi connectivity index (χ1v) is 7.15. The SMILES string of the molecule is COC(CN(C)[C@@H]1c2cc(Cl)cc(Cl)c2C[C@@H]1O)OC. The summed E-state index contributed by atoms with van der Waals surface area (Å²) in [6.07, 6.45) is -0.323. The highest BCUT2D eigenvalue weighted by Crippen LogP contribution is 2.40. The molecule has 0 bridgehead atoms. The minimum Gasteiger partial charge on any atom is -0.391 e. The average molecular weight is 320 g/mol. The van der Waals surface area contributed by atoms with E-state index in [1.165, 1.54) is 0 Å². The number of aliphatic hydroxyl groups is 1. The Morgan fingerprint density at radius 1 is 1.35 bits per heavy atom. The highest BCUT2D eigenvalue weighted by Gasteiger charge is 2.36. The molecule has 1 N–H and O–H groups in total. The largest absolute Gasteiger partial charge is 0.391 e. The van der Waals surface area contributed by atoms with E-state index in [-0.39, 0.29) is 12.3 Å². The van der Waals surface area contributed by atoms with Crippen LogP contribution in [0.3, 0.4) is 0 Å². The molecule has 0 radical (unpaired) electrons. The highest BCUT2D eigenvalue weighted by molar-refractivity contribution is 6.35. The molecule has 1 aliphatic rings. The fourth-order valence-electron chi connectivity index (χ4n) is 2.76. The number of methoxy groups -OCH3 is 2. The van der Waals surface area contributed by atoms with Crippen LogP contribution in [0.2, 0.25) is 10.0 Å². The molecule has 0 spiro atoms. The highest BCUT2D eigenvalue weighted by atomic mass is 35.5. The second-order valence-corrected chi connectivity index (χ2v) is 5.86. The van der Waals surface area contributed by atoms with E-state index in [2.05, 4.69) is 0 Å². The Bertz CT molecular complexity index is 480. The quantitative estimate of drug-likeness (QED) is 0.847. The number of benzene rings is 1. The summed E-state index contributed by atoms with van der Waals surface area (Å²) >= 11 is 12.3. The van der Waals surface area contributed by atoms with E-state index >= 15 is 0 Å². The smallest absolute Gasteiger partial charge is 0.169 e. The molecule has 0 saturated carbocycles. The number of ether oxygens (including phenoxy) is 2. The van der Waals surface area contributed by atoms with E-state index in [4.69, 9.17) is 32.7 Å². The molecule has 4 nitrogen and oxygen atoms in total. The van der Waals surface area contributed by atoms with E-state index in [0.29, 0.717) is 23.0 Å². The third kappa shape index (κ3) is 3.11. The molecule has 20 heavy (non-hydrogen) atoms.